The second kappa shape index (κ2) is 7.79. The van der Waals surface area contributed by atoms with Gasteiger partial charge in [0.2, 0.25) is 0 Å². The first-order valence-electron chi connectivity index (χ1n) is 7.05. The number of hydrogen-bond acceptors (Lipinski definition) is 2. The highest BCUT2D eigenvalue weighted by atomic mass is 79.9. The molecule has 0 saturated carbocycles. The average Bonchev–Trinajstić information content (AvgIpc) is 2.49. The molecular weight excluding hydrogens is 385 g/mol. The van der Waals surface area contributed by atoms with Gasteiger partial charge in [-0.2, -0.15) is 0 Å². The molecule has 0 unspecified atom stereocenters. The van der Waals surface area contributed by atoms with Gasteiger partial charge < -0.3 is 10.1 Å². The standard InChI is InChI=1S/C17H16BrClFNO2/c1-10(2)9-23-16-6-3-11(18)7-13(16)17(22)21-12-4-5-15(20)14(19)8-12/h3-8,10H,9H2,1-2H3,(H,21,22). The van der Waals surface area contributed by atoms with E-state index in [1.165, 1.54) is 18.2 Å². The van der Waals surface area contributed by atoms with Crippen molar-refractivity contribution in [3.63, 3.8) is 0 Å². The number of carbonyl (C=O) groups excluding carboxylic acids is 1. The Balaban J connectivity index is 2.23. The quantitative estimate of drug-likeness (QED) is 0.717. The highest BCUT2D eigenvalue weighted by Crippen LogP contribution is 2.26. The van der Waals surface area contributed by atoms with E-state index in [2.05, 4.69) is 21.2 Å². The normalized spacial score (nSPS) is 10.7. The first-order valence-corrected chi connectivity index (χ1v) is 8.22. The Morgan fingerprint density at radius 2 is 2.04 bits per heavy atom. The summed E-state index contributed by atoms with van der Waals surface area (Å²) in [5.41, 5.74) is 0.802. The average molecular weight is 401 g/mol. The fraction of sp³-hybridized carbons (Fsp3) is 0.235. The molecule has 122 valence electrons. The highest BCUT2D eigenvalue weighted by molar-refractivity contribution is 9.10. The van der Waals surface area contributed by atoms with Crippen LogP contribution in [-0.2, 0) is 0 Å². The van der Waals surface area contributed by atoms with Gasteiger partial charge in [0.05, 0.1) is 17.2 Å². The molecule has 2 aromatic rings. The van der Waals surface area contributed by atoms with E-state index in [-0.39, 0.29) is 10.9 Å². The molecule has 0 aliphatic heterocycles. The molecule has 2 aromatic carbocycles. The van der Waals surface area contributed by atoms with Gasteiger partial charge in [-0.05, 0) is 42.3 Å². The van der Waals surface area contributed by atoms with Gasteiger partial charge in [0.15, 0.2) is 0 Å². The molecule has 0 aliphatic carbocycles. The summed E-state index contributed by atoms with van der Waals surface area (Å²) in [6.45, 7) is 4.56. The zero-order valence-corrected chi connectivity index (χ0v) is 15.0. The molecule has 0 aliphatic rings. The fourth-order valence-corrected chi connectivity index (χ4v) is 2.38. The van der Waals surface area contributed by atoms with E-state index < -0.39 is 5.82 Å². The minimum atomic E-state index is -0.534. The first-order chi connectivity index (χ1) is 10.9. The summed E-state index contributed by atoms with van der Waals surface area (Å²) in [5, 5.41) is 2.64. The Kier molecular flexibility index (Phi) is 6.02. The van der Waals surface area contributed by atoms with Crippen molar-refractivity contribution in [3.8, 4) is 5.75 Å². The summed E-state index contributed by atoms with van der Waals surface area (Å²) >= 11 is 9.07. The van der Waals surface area contributed by atoms with Crippen LogP contribution >= 0.6 is 27.5 Å². The number of carbonyl (C=O) groups is 1. The largest absolute Gasteiger partial charge is 0.492 e. The molecular formula is C17H16BrClFNO2. The third-order valence-corrected chi connectivity index (χ3v) is 3.72. The van der Waals surface area contributed by atoms with E-state index in [0.717, 1.165) is 4.47 Å². The Morgan fingerprint density at radius 1 is 1.30 bits per heavy atom. The lowest BCUT2D eigenvalue weighted by Gasteiger charge is -2.14. The predicted molar refractivity (Wildman–Crippen MR) is 93.8 cm³/mol. The lowest BCUT2D eigenvalue weighted by Crippen LogP contribution is -2.15. The molecule has 23 heavy (non-hydrogen) atoms. The fourth-order valence-electron chi connectivity index (χ4n) is 1.83. The van der Waals surface area contributed by atoms with E-state index in [1.807, 2.05) is 13.8 Å². The van der Waals surface area contributed by atoms with Crippen LogP contribution in [0.15, 0.2) is 40.9 Å². The van der Waals surface area contributed by atoms with Gasteiger partial charge in [0.25, 0.3) is 5.91 Å². The Bertz CT molecular complexity index is 722. The van der Waals surface area contributed by atoms with Crippen molar-refractivity contribution in [2.45, 2.75) is 13.8 Å². The van der Waals surface area contributed by atoms with Crippen molar-refractivity contribution in [2.75, 3.05) is 11.9 Å². The number of benzene rings is 2. The molecule has 3 nitrogen and oxygen atoms in total. The SMILES string of the molecule is CC(C)COc1ccc(Br)cc1C(=O)Nc1ccc(F)c(Cl)c1. The zero-order chi connectivity index (χ0) is 17.0. The number of hydrogen-bond donors (Lipinski definition) is 1. The molecule has 1 N–H and O–H groups in total. The molecule has 1 amide bonds. The van der Waals surface area contributed by atoms with E-state index in [0.29, 0.717) is 29.5 Å². The molecule has 0 saturated heterocycles. The maximum atomic E-state index is 13.2. The third kappa shape index (κ3) is 4.94. The van der Waals surface area contributed by atoms with Crippen LogP contribution in [0.1, 0.15) is 24.2 Å². The minimum absolute atomic E-state index is 0.0478. The van der Waals surface area contributed by atoms with Gasteiger partial charge in [-0.3, -0.25) is 4.79 Å². The molecule has 0 aromatic heterocycles. The highest BCUT2D eigenvalue weighted by Gasteiger charge is 2.15. The summed E-state index contributed by atoms with van der Waals surface area (Å²) in [4.78, 5) is 12.5. The molecule has 0 spiro atoms. The van der Waals surface area contributed by atoms with Crippen molar-refractivity contribution >= 4 is 39.1 Å². The maximum Gasteiger partial charge on any atom is 0.259 e. The minimum Gasteiger partial charge on any atom is -0.492 e. The number of halogens is 3. The molecule has 2 rings (SSSR count). The molecule has 0 heterocycles. The monoisotopic (exact) mass is 399 g/mol. The van der Waals surface area contributed by atoms with Crippen LogP contribution in [0.4, 0.5) is 10.1 Å². The summed E-state index contributed by atoms with van der Waals surface area (Å²) in [5.74, 6) is -0.0566. The Hall–Kier alpha value is -1.59. The zero-order valence-electron chi connectivity index (χ0n) is 12.7. The molecule has 0 fully saturated rings. The number of amides is 1. The summed E-state index contributed by atoms with van der Waals surface area (Å²) < 4.78 is 19.6. The van der Waals surface area contributed by atoms with E-state index in [9.17, 15) is 9.18 Å². The number of anilines is 1. The van der Waals surface area contributed by atoms with Crippen molar-refractivity contribution in [3.05, 3.63) is 57.3 Å². The second-order valence-electron chi connectivity index (χ2n) is 5.43. The number of nitrogens with one attached hydrogen (secondary N) is 1. The summed E-state index contributed by atoms with van der Waals surface area (Å²) in [7, 11) is 0. The van der Waals surface area contributed by atoms with Gasteiger partial charge in [-0.25, -0.2) is 4.39 Å². The van der Waals surface area contributed by atoms with Crippen molar-refractivity contribution < 1.29 is 13.9 Å². The van der Waals surface area contributed by atoms with Crippen molar-refractivity contribution in [2.24, 2.45) is 5.92 Å². The molecule has 0 atom stereocenters. The molecule has 6 heteroatoms. The van der Waals surface area contributed by atoms with Gasteiger partial charge in [-0.1, -0.05) is 41.4 Å². The van der Waals surface area contributed by atoms with Crippen LogP contribution in [-0.4, -0.2) is 12.5 Å². The van der Waals surface area contributed by atoms with E-state index in [4.69, 9.17) is 16.3 Å². The van der Waals surface area contributed by atoms with Crippen LogP contribution in [0.3, 0.4) is 0 Å². The Morgan fingerprint density at radius 3 is 2.70 bits per heavy atom. The summed E-state index contributed by atoms with van der Waals surface area (Å²) in [6, 6.07) is 9.23. The first kappa shape index (κ1) is 17.8. The van der Waals surface area contributed by atoms with Gasteiger partial charge in [0.1, 0.15) is 11.6 Å². The van der Waals surface area contributed by atoms with Gasteiger partial charge in [-0.15, -0.1) is 0 Å². The van der Waals surface area contributed by atoms with Crippen LogP contribution in [0.2, 0.25) is 5.02 Å². The third-order valence-electron chi connectivity index (χ3n) is 2.94. The second-order valence-corrected chi connectivity index (χ2v) is 6.75. The number of rotatable bonds is 5. The summed E-state index contributed by atoms with van der Waals surface area (Å²) in [6.07, 6.45) is 0. The lowest BCUT2D eigenvalue weighted by molar-refractivity contribution is 0.102. The molecule has 0 radical (unpaired) electrons. The van der Waals surface area contributed by atoms with Crippen LogP contribution < -0.4 is 10.1 Å². The van der Waals surface area contributed by atoms with E-state index in [1.54, 1.807) is 18.2 Å². The van der Waals surface area contributed by atoms with Crippen molar-refractivity contribution in [1.29, 1.82) is 0 Å². The van der Waals surface area contributed by atoms with E-state index >= 15 is 0 Å². The lowest BCUT2D eigenvalue weighted by atomic mass is 10.1. The van der Waals surface area contributed by atoms with Gasteiger partial charge >= 0.3 is 0 Å². The Labute approximate surface area is 147 Å². The molecule has 0 bridgehead atoms. The van der Waals surface area contributed by atoms with Crippen LogP contribution in [0.25, 0.3) is 0 Å². The van der Waals surface area contributed by atoms with Crippen LogP contribution in [0, 0.1) is 11.7 Å². The van der Waals surface area contributed by atoms with Crippen LogP contribution in [0.5, 0.6) is 5.75 Å². The topological polar surface area (TPSA) is 38.3 Å². The maximum absolute atomic E-state index is 13.2. The predicted octanol–water partition coefficient (Wildman–Crippen LogP) is 5.53. The van der Waals surface area contributed by atoms with Gasteiger partial charge in [0, 0.05) is 10.2 Å². The van der Waals surface area contributed by atoms with Crippen molar-refractivity contribution in [1.82, 2.24) is 0 Å². The smallest absolute Gasteiger partial charge is 0.259 e. The number of ether oxygens (including phenoxy) is 1.